The number of nitrogens with one attached hydrogen (secondary N) is 1. The summed E-state index contributed by atoms with van der Waals surface area (Å²) in [5.74, 6) is 0.624. The summed E-state index contributed by atoms with van der Waals surface area (Å²) >= 11 is 0. The van der Waals surface area contributed by atoms with Crippen LogP contribution >= 0.6 is 0 Å². The Morgan fingerprint density at radius 1 is 1.24 bits per heavy atom. The maximum absolute atomic E-state index is 12.6. The summed E-state index contributed by atoms with van der Waals surface area (Å²) in [6.07, 6.45) is 0. The molecule has 0 fully saturated rings. The molecule has 0 aliphatic rings. The van der Waals surface area contributed by atoms with Gasteiger partial charge < -0.3 is 9.73 Å². The first-order valence-electron chi connectivity index (χ1n) is 7.26. The molecule has 1 N–H and O–H groups in total. The minimum Gasteiger partial charge on any atom is -0.447 e. The Bertz CT molecular complexity index is 556. The molecule has 1 rings (SSSR count). The van der Waals surface area contributed by atoms with Crippen molar-refractivity contribution >= 4 is 10.0 Å². The van der Waals surface area contributed by atoms with E-state index in [2.05, 4.69) is 5.32 Å². The Labute approximate surface area is 128 Å². The van der Waals surface area contributed by atoms with Gasteiger partial charge in [-0.3, -0.25) is 0 Å². The maximum Gasteiger partial charge on any atom is 0.276 e. The Hall–Kier alpha value is -0.850. The van der Waals surface area contributed by atoms with Gasteiger partial charge in [0.05, 0.1) is 6.54 Å². The second-order valence-corrected chi connectivity index (χ2v) is 8.75. The van der Waals surface area contributed by atoms with E-state index in [1.165, 1.54) is 10.4 Å². The highest BCUT2D eigenvalue weighted by Crippen LogP contribution is 2.28. The van der Waals surface area contributed by atoms with Crippen molar-refractivity contribution in [3.8, 4) is 0 Å². The molecule has 0 aliphatic carbocycles. The van der Waals surface area contributed by atoms with Crippen LogP contribution in [0.25, 0.3) is 0 Å². The van der Waals surface area contributed by atoms with Crippen LogP contribution in [0.1, 0.15) is 47.3 Å². The van der Waals surface area contributed by atoms with Gasteiger partial charge in [-0.05, 0) is 24.5 Å². The van der Waals surface area contributed by atoms with Crippen molar-refractivity contribution in [3.05, 3.63) is 17.9 Å². The molecule has 0 aromatic carbocycles. The summed E-state index contributed by atoms with van der Waals surface area (Å²) in [5, 5.41) is 3.20. The first kappa shape index (κ1) is 18.2. The highest BCUT2D eigenvalue weighted by atomic mass is 32.2. The van der Waals surface area contributed by atoms with Crippen molar-refractivity contribution < 1.29 is 12.8 Å². The SMILES string of the molecule is CC(C)NCc1ccc(S(=O)(=O)N(C)C(C)C(C)(C)C)o1. The molecule has 0 spiro atoms. The van der Waals surface area contributed by atoms with Crippen LogP contribution in [-0.4, -0.2) is 31.9 Å². The fraction of sp³-hybridized carbons (Fsp3) is 0.733. The molecule has 21 heavy (non-hydrogen) atoms. The zero-order chi connectivity index (χ0) is 16.4. The molecular weight excluding hydrogens is 288 g/mol. The molecule has 0 radical (unpaired) electrons. The van der Waals surface area contributed by atoms with Crippen molar-refractivity contribution in [2.24, 2.45) is 5.41 Å². The average Bonchev–Trinajstić information content (AvgIpc) is 2.82. The van der Waals surface area contributed by atoms with Crippen LogP contribution in [-0.2, 0) is 16.6 Å². The Balaban J connectivity index is 2.93. The first-order valence-corrected chi connectivity index (χ1v) is 8.70. The van der Waals surface area contributed by atoms with Crippen LogP contribution in [0.2, 0.25) is 0 Å². The molecule has 1 aromatic heterocycles. The highest BCUT2D eigenvalue weighted by Gasteiger charge is 2.34. The zero-order valence-corrected chi connectivity index (χ0v) is 14.9. The molecule has 1 unspecified atom stereocenters. The molecule has 5 nitrogen and oxygen atoms in total. The number of furan rings is 1. The third-order valence-electron chi connectivity index (χ3n) is 3.75. The maximum atomic E-state index is 12.6. The number of sulfonamides is 1. The van der Waals surface area contributed by atoms with E-state index >= 15 is 0 Å². The summed E-state index contributed by atoms with van der Waals surface area (Å²) in [6.45, 7) is 12.5. The third kappa shape index (κ3) is 4.56. The van der Waals surface area contributed by atoms with E-state index in [0.29, 0.717) is 18.3 Å². The molecule has 6 heteroatoms. The van der Waals surface area contributed by atoms with Gasteiger partial charge in [0.2, 0.25) is 5.09 Å². The van der Waals surface area contributed by atoms with Crippen LogP contribution in [0, 0.1) is 5.41 Å². The fourth-order valence-electron chi connectivity index (χ4n) is 1.79. The summed E-state index contributed by atoms with van der Waals surface area (Å²) < 4.78 is 32.0. The molecule has 122 valence electrons. The predicted octanol–water partition coefficient (Wildman–Crippen LogP) is 2.83. The van der Waals surface area contributed by atoms with Gasteiger partial charge in [0.25, 0.3) is 10.0 Å². The van der Waals surface area contributed by atoms with Crippen molar-refractivity contribution in [3.63, 3.8) is 0 Å². The summed E-state index contributed by atoms with van der Waals surface area (Å²) in [5.41, 5.74) is -0.142. The lowest BCUT2D eigenvalue weighted by atomic mass is 9.88. The van der Waals surface area contributed by atoms with Gasteiger partial charge in [0, 0.05) is 19.1 Å². The van der Waals surface area contributed by atoms with E-state index in [9.17, 15) is 8.42 Å². The monoisotopic (exact) mass is 316 g/mol. The minimum absolute atomic E-state index is 0.00153. The predicted molar refractivity (Wildman–Crippen MR) is 84.5 cm³/mol. The molecule has 1 heterocycles. The van der Waals surface area contributed by atoms with Gasteiger partial charge in [0.15, 0.2) is 0 Å². The van der Waals surface area contributed by atoms with Crippen molar-refractivity contribution in [2.75, 3.05) is 7.05 Å². The second-order valence-electron chi connectivity index (χ2n) is 6.82. The van der Waals surface area contributed by atoms with Crippen LogP contribution in [0.5, 0.6) is 0 Å². The van der Waals surface area contributed by atoms with E-state index in [1.807, 2.05) is 41.5 Å². The molecule has 0 bridgehead atoms. The van der Waals surface area contributed by atoms with Gasteiger partial charge in [0.1, 0.15) is 5.76 Å². The van der Waals surface area contributed by atoms with E-state index in [1.54, 1.807) is 13.1 Å². The van der Waals surface area contributed by atoms with Gasteiger partial charge in [-0.1, -0.05) is 34.6 Å². The lowest BCUT2D eigenvalue weighted by Crippen LogP contribution is -2.42. The lowest BCUT2D eigenvalue weighted by Gasteiger charge is -2.33. The Kier molecular flexibility index (Phi) is 5.63. The first-order chi connectivity index (χ1) is 9.46. The van der Waals surface area contributed by atoms with E-state index in [4.69, 9.17) is 4.42 Å². The zero-order valence-electron chi connectivity index (χ0n) is 14.1. The van der Waals surface area contributed by atoms with Crippen molar-refractivity contribution in [1.29, 1.82) is 0 Å². The van der Waals surface area contributed by atoms with E-state index in [0.717, 1.165) is 0 Å². The van der Waals surface area contributed by atoms with Crippen molar-refractivity contribution in [2.45, 2.75) is 65.3 Å². The molecule has 0 saturated carbocycles. The highest BCUT2D eigenvalue weighted by molar-refractivity contribution is 7.89. The Morgan fingerprint density at radius 3 is 2.29 bits per heavy atom. The smallest absolute Gasteiger partial charge is 0.276 e. The van der Waals surface area contributed by atoms with E-state index in [-0.39, 0.29) is 16.5 Å². The minimum atomic E-state index is -3.60. The second kappa shape index (κ2) is 6.50. The standard InChI is InChI=1S/C15H28N2O3S/c1-11(2)16-10-13-8-9-14(20-13)21(18,19)17(7)12(3)15(4,5)6/h8-9,11-12,16H,10H2,1-7H3. The average molecular weight is 316 g/mol. The van der Waals surface area contributed by atoms with Gasteiger partial charge in [-0.25, -0.2) is 8.42 Å². The molecule has 0 aliphatic heterocycles. The van der Waals surface area contributed by atoms with Gasteiger partial charge in [-0.15, -0.1) is 0 Å². The van der Waals surface area contributed by atoms with Crippen molar-refractivity contribution in [1.82, 2.24) is 9.62 Å². The van der Waals surface area contributed by atoms with Crippen LogP contribution in [0.15, 0.2) is 21.6 Å². The Morgan fingerprint density at radius 2 is 1.81 bits per heavy atom. The molecular formula is C15H28N2O3S. The molecule has 1 aromatic rings. The topological polar surface area (TPSA) is 62.6 Å². The number of rotatable bonds is 6. The largest absolute Gasteiger partial charge is 0.447 e. The van der Waals surface area contributed by atoms with E-state index < -0.39 is 10.0 Å². The number of nitrogens with zero attached hydrogens (tertiary/aromatic N) is 1. The third-order valence-corrected chi connectivity index (χ3v) is 5.56. The van der Waals surface area contributed by atoms with Crippen LogP contribution < -0.4 is 5.32 Å². The fourth-order valence-corrected chi connectivity index (χ4v) is 3.26. The summed E-state index contributed by atoms with van der Waals surface area (Å²) in [7, 11) is -2.00. The van der Waals surface area contributed by atoms with Crippen LogP contribution in [0.4, 0.5) is 0 Å². The molecule has 0 saturated heterocycles. The van der Waals surface area contributed by atoms with Crippen LogP contribution in [0.3, 0.4) is 0 Å². The van der Waals surface area contributed by atoms with Gasteiger partial charge >= 0.3 is 0 Å². The summed E-state index contributed by atoms with van der Waals surface area (Å²) in [6, 6.07) is 3.42. The van der Waals surface area contributed by atoms with Gasteiger partial charge in [-0.2, -0.15) is 4.31 Å². The summed E-state index contributed by atoms with van der Waals surface area (Å²) in [4.78, 5) is 0. The normalized spacial score (nSPS) is 14.9. The molecule has 0 amide bonds. The molecule has 1 atom stereocenters. The lowest BCUT2D eigenvalue weighted by molar-refractivity contribution is 0.213. The number of hydrogen-bond donors (Lipinski definition) is 1. The quantitative estimate of drug-likeness (QED) is 0.876. The number of hydrogen-bond acceptors (Lipinski definition) is 4.